The van der Waals surface area contributed by atoms with E-state index in [-0.39, 0.29) is 5.41 Å². The molecule has 108 valence electrons. The van der Waals surface area contributed by atoms with E-state index in [9.17, 15) is 5.11 Å². The molecule has 0 aliphatic heterocycles. The largest absolute Gasteiger partial charge is 0.389 e. The molecule has 1 fully saturated rings. The number of hydrogen-bond acceptors (Lipinski definition) is 4. The van der Waals surface area contributed by atoms with Crippen molar-refractivity contribution in [3.05, 3.63) is 16.1 Å². The maximum Gasteiger partial charge on any atom is 0.0957 e. The first-order chi connectivity index (χ1) is 8.82. The van der Waals surface area contributed by atoms with E-state index in [0.29, 0.717) is 12.5 Å². The Morgan fingerprint density at radius 3 is 2.53 bits per heavy atom. The highest BCUT2D eigenvalue weighted by Gasteiger charge is 2.34. The summed E-state index contributed by atoms with van der Waals surface area (Å²) >= 11 is 1.67. The summed E-state index contributed by atoms with van der Waals surface area (Å²) in [6.45, 7) is 6.51. The van der Waals surface area contributed by atoms with Crippen molar-refractivity contribution < 1.29 is 9.84 Å². The fourth-order valence-corrected chi connectivity index (χ4v) is 3.72. The predicted octanol–water partition coefficient (Wildman–Crippen LogP) is 3.30. The molecule has 0 saturated heterocycles. The molecule has 1 heterocycles. The van der Waals surface area contributed by atoms with E-state index in [0.717, 1.165) is 36.4 Å². The SMILES string of the molecule is COC1CCC(O)(Cc2nc(C(C)(C)C)cs2)CC1. The summed E-state index contributed by atoms with van der Waals surface area (Å²) in [4.78, 5) is 4.69. The summed E-state index contributed by atoms with van der Waals surface area (Å²) in [6.07, 6.45) is 4.53. The molecule has 1 saturated carbocycles. The van der Waals surface area contributed by atoms with Gasteiger partial charge in [-0.3, -0.25) is 0 Å². The van der Waals surface area contributed by atoms with E-state index >= 15 is 0 Å². The second kappa shape index (κ2) is 5.51. The van der Waals surface area contributed by atoms with E-state index < -0.39 is 5.60 Å². The Bertz CT molecular complexity index is 414. The molecular weight excluding hydrogens is 258 g/mol. The molecule has 4 heteroatoms. The van der Waals surface area contributed by atoms with Gasteiger partial charge in [-0.25, -0.2) is 4.98 Å². The number of aliphatic hydroxyl groups is 1. The number of aromatic nitrogens is 1. The number of methoxy groups -OCH3 is 1. The summed E-state index contributed by atoms with van der Waals surface area (Å²) in [5, 5.41) is 13.8. The number of hydrogen-bond donors (Lipinski definition) is 1. The van der Waals surface area contributed by atoms with Crippen molar-refractivity contribution >= 4 is 11.3 Å². The summed E-state index contributed by atoms with van der Waals surface area (Å²) in [6, 6.07) is 0. The van der Waals surface area contributed by atoms with Crippen LogP contribution in [0.2, 0.25) is 0 Å². The molecule has 0 radical (unpaired) electrons. The third kappa shape index (κ3) is 3.77. The van der Waals surface area contributed by atoms with Gasteiger partial charge >= 0.3 is 0 Å². The zero-order chi connectivity index (χ0) is 14.1. The summed E-state index contributed by atoms with van der Waals surface area (Å²) in [5.74, 6) is 0. The number of ether oxygens (including phenoxy) is 1. The van der Waals surface area contributed by atoms with Crippen LogP contribution in [0, 0.1) is 0 Å². The van der Waals surface area contributed by atoms with Crippen LogP contribution in [0.25, 0.3) is 0 Å². The van der Waals surface area contributed by atoms with Gasteiger partial charge in [0.25, 0.3) is 0 Å². The number of thiazole rings is 1. The Hall–Kier alpha value is -0.450. The molecule has 1 aliphatic rings. The lowest BCUT2D eigenvalue weighted by molar-refractivity contribution is -0.0427. The highest BCUT2D eigenvalue weighted by molar-refractivity contribution is 7.09. The minimum Gasteiger partial charge on any atom is -0.389 e. The predicted molar refractivity (Wildman–Crippen MR) is 78.7 cm³/mol. The molecule has 0 spiro atoms. The molecule has 1 aromatic heterocycles. The van der Waals surface area contributed by atoms with Crippen LogP contribution in [0.15, 0.2) is 5.38 Å². The normalized spacial score (nSPS) is 28.6. The molecule has 19 heavy (non-hydrogen) atoms. The van der Waals surface area contributed by atoms with Gasteiger partial charge in [0.05, 0.1) is 22.4 Å². The van der Waals surface area contributed by atoms with Crippen LogP contribution in [0.5, 0.6) is 0 Å². The molecule has 1 aromatic rings. The van der Waals surface area contributed by atoms with E-state index in [1.807, 2.05) is 0 Å². The molecule has 0 bridgehead atoms. The van der Waals surface area contributed by atoms with Crippen LogP contribution in [-0.2, 0) is 16.6 Å². The Kier molecular flexibility index (Phi) is 4.33. The average Bonchev–Trinajstić information content (AvgIpc) is 2.78. The van der Waals surface area contributed by atoms with E-state index in [1.54, 1.807) is 18.4 Å². The van der Waals surface area contributed by atoms with Crippen molar-refractivity contribution in [2.75, 3.05) is 7.11 Å². The van der Waals surface area contributed by atoms with Crippen molar-refractivity contribution in [3.8, 4) is 0 Å². The standard InChI is InChI=1S/C15H25NO2S/c1-14(2,3)12-10-19-13(16-12)9-15(17)7-5-11(18-4)6-8-15/h10-11,17H,5-9H2,1-4H3. The van der Waals surface area contributed by atoms with Crippen LogP contribution >= 0.6 is 11.3 Å². The Morgan fingerprint density at radius 2 is 2.05 bits per heavy atom. The highest BCUT2D eigenvalue weighted by atomic mass is 32.1. The lowest BCUT2D eigenvalue weighted by Gasteiger charge is -2.35. The molecule has 0 aromatic carbocycles. The Labute approximate surface area is 120 Å². The fraction of sp³-hybridized carbons (Fsp3) is 0.800. The molecule has 0 atom stereocenters. The number of nitrogens with zero attached hydrogens (tertiary/aromatic N) is 1. The first-order valence-corrected chi connectivity index (χ1v) is 7.90. The van der Waals surface area contributed by atoms with Gasteiger partial charge in [0.1, 0.15) is 0 Å². The number of rotatable bonds is 3. The average molecular weight is 283 g/mol. The summed E-state index contributed by atoms with van der Waals surface area (Å²) in [7, 11) is 1.76. The van der Waals surface area contributed by atoms with Gasteiger partial charge in [0.15, 0.2) is 0 Å². The topological polar surface area (TPSA) is 42.4 Å². The van der Waals surface area contributed by atoms with E-state index in [2.05, 4.69) is 31.1 Å². The third-order valence-corrected chi connectivity index (χ3v) is 4.85. The molecule has 0 unspecified atom stereocenters. The molecule has 2 rings (SSSR count). The van der Waals surface area contributed by atoms with Gasteiger partial charge in [-0.1, -0.05) is 20.8 Å². The quantitative estimate of drug-likeness (QED) is 0.925. The lowest BCUT2D eigenvalue weighted by Crippen LogP contribution is -2.38. The van der Waals surface area contributed by atoms with Crippen LogP contribution < -0.4 is 0 Å². The van der Waals surface area contributed by atoms with Crippen molar-refractivity contribution in [3.63, 3.8) is 0 Å². The van der Waals surface area contributed by atoms with Gasteiger partial charge in [-0.15, -0.1) is 11.3 Å². The third-order valence-electron chi connectivity index (χ3n) is 4.00. The van der Waals surface area contributed by atoms with Crippen molar-refractivity contribution in [1.82, 2.24) is 4.98 Å². The van der Waals surface area contributed by atoms with Gasteiger partial charge in [-0.2, -0.15) is 0 Å². The molecule has 3 nitrogen and oxygen atoms in total. The van der Waals surface area contributed by atoms with Crippen LogP contribution in [0.3, 0.4) is 0 Å². The maximum atomic E-state index is 10.7. The molecule has 1 aliphatic carbocycles. The highest BCUT2D eigenvalue weighted by Crippen LogP contribution is 2.34. The van der Waals surface area contributed by atoms with Gasteiger partial charge in [0.2, 0.25) is 0 Å². The lowest BCUT2D eigenvalue weighted by atomic mass is 9.81. The van der Waals surface area contributed by atoms with Crippen molar-refractivity contribution in [2.45, 2.75) is 70.0 Å². The second-order valence-electron chi connectivity index (χ2n) is 6.71. The first kappa shape index (κ1) is 14.9. The fourth-order valence-electron chi connectivity index (χ4n) is 2.56. The molecule has 0 amide bonds. The maximum absolute atomic E-state index is 10.7. The van der Waals surface area contributed by atoms with Gasteiger partial charge in [0, 0.05) is 24.3 Å². The Morgan fingerprint density at radius 1 is 1.42 bits per heavy atom. The van der Waals surface area contributed by atoms with Crippen LogP contribution in [0.4, 0.5) is 0 Å². The Balaban J connectivity index is 1.99. The summed E-state index contributed by atoms with van der Waals surface area (Å²) < 4.78 is 5.36. The first-order valence-electron chi connectivity index (χ1n) is 7.02. The van der Waals surface area contributed by atoms with Gasteiger partial charge in [-0.05, 0) is 25.7 Å². The zero-order valence-electron chi connectivity index (χ0n) is 12.4. The van der Waals surface area contributed by atoms with Crippen molar-refractivity contribution in [2.24, 2.45) is 0 Å². The smallest absolute Gasteiger partial charge is 0.0957 e. The molecular formula is C15H25NO2S. The zero-order valence-corrected chi connectivity index (χ0v) is 13.2. The summed E-state index contributed by atoms with van der Waals surface area (Å²) in [5.41, 5.74) is 0.634. The van der Waals surface area contributed by atoms with E-state index in [1.165, 1.54) is 0 Å². The van der Waals surface area contributed by atoms with Crippen molar-refractivity contribution in [1.29, 1.82) is 0 Å². The minimum absolute atomic E-state index is 0.0884. The molecule has 1 N–H and O–H groups in total. The van der Waals surface area contributed by atoms with Crippen LogP contribution in [-0.4, -0.2) is 28.9 Å². The van der Waals surface area contributed by atoms with E-state index in [4.69, 9.17) is 4.74 Å². The second-order valence-corrected chi connectivity index (χ2v) is 7.66. The monoisotopic (exact) mass is 283 g/mol. The minimum atomic E-state index is -0.581. The van der Waals surface area contributed by atoms with Crippen LogP contribution in [0.1, 0.15) is 57.2 Å². The van der Waals surface area contributed by atoms with Gasteiger partial charge < -0.3 is 9.84 Å².